The quantitative estimate of drug-likeness (QED) is 0.695. The summed E-state index contributed by atoms with van der Waals surface area (Å²) in [6.45, 7) is 1.65. The molecule has 72 valence electrons. The molecule has 0 spiro atoms. The molecule has 1 aliphatic heterocycles. The van der Waals surface area contributed by atoms with E-state index in [2.05, 4.69) is 10.2 Å². The van der Waals surface area contributed by atoms with Gasteiger partial charge in [0, 0.05) is 19.6 Å². The number of aromatic amines is 1. The maximum atomic E-state index is 5.40. The Balaban J connectivity index is 2.23. The lowest BCUT2D eigenvalue weighted by atomic mass is 10.0. The van der Waals surface area contributed by atoms with Crippen molar-refractivity contribution in [1.29, 1.82) is 0 Å². The van der Waals surface area contributed by atoms with E-state index in [0.717, 1.165) is 31.9 Å². The number of aromatic nitrogens is 3. The van der Waals surface area contributed by atoms with Crippen molar-refractivity contribution in [2.45, 2.75) is 18.8 Å². The van der Waals surface area contributed by atoms with Gasteiger partial charge in [0.05, 0.1) is 6.61 Å². The highest BCUT2D eigenvalue weighted by molar-refractivity contribution is 7.71. The Kier molecular flexibility index (Phi) is 2.46. The average Bonchev–Trinajstić information content (AvgIpc) is 2.49. The zero-order chi connectivity index (χ0) is 9.26. The minimum atomic E-state index is 0.409. The first-order valence-electron chi connectivity index (χ1n) is 4.48. The van der Waals surface area contributed by atoms with Gasteiger partial charge in [0.2, 0.25) is 0 Å². The SMILES string of the molecule is Cn1c(C2CCCOC2)n[nH]c1=S. The molecule has 1 aromatic heterocycles. The highest BCUT2D eigenvalue weighted by Gasteiger charge is 2.20. The van der Waals surface area contributed by atoms with Crippen LogP contribution in [-0.4, -0.2) is 28.0 Å². The molecule has 0 aliphatic carbocycles. The van der Waals surface area contributed by atoms with E-state index >= 15 is 0 Å². The summed E-state index contributed by atoms with van der Waals surface area (Å²) in [7, 11) is 1.94. The van der Waals surface area contributed by atoms with Gasteiger partial charge in [-0.3, -0.25) is 5.10 Å². The van der Waals surface area contributed by atoms with E-state index in [-0.39, 0.29) is 0 Å². The number of nitrogens with zero attached hydrogens (tertiary/aromatic N) is 2. The molecule has 5 heteroatoms. The molecule has 0 aromatic carbocycles. The molecule has 1 aromatic rings. The maximum absolute atomic E-state index is 5.40. The zero-order valence-corrected chi connectivity index (χ0v) is 8.43. The Labute approximate surface area is 81.9 Å². The summed E-state index contributed by atoms with van der Waals surface area (Å²) in [5, 5.41) is 7.00. The van der Waals surface area contributed by atoms with Crippen molar-refractivity contribution in [2.75, 3.05) is 13.2 Å². The molecule has 1 N–H and O–H groups in total. The Morgan fingerprint density at radius 2 is 2.54 bits per heavy atom. The molecule has 4 nitrogen and oxygen atoms in total. The van der Waals surface area contributed by atoms with Gasteiger partial charge in [0.15, 0.2) is 4.77 Å². The van der Waals surface area contributed by atoms with Crippen molar-refractivity contribution in [1.82, 2.24) is 14.8 Å². The van der Waals surface area contributed by atoms with Gasteiger partial charge in [-0.25, -0.2) is 0 Å². The summed E-state index contributed by atoms with van der Waals surface area (Å²) >= 11 is 5.05. The summed E-state index contributed by atoms with van der Waals surface area (Å²) in [5.74, 6) is 1.43. The van der Waals surface area contributed by atoms with Crippen LogP contribution in [0.2, 0.25) is 0 Å². The minimum absolute atomic E-state index is 0.409. The Morgan fingerprint density at radius 1 is 1.69 bits per heavy atom. The molecule has 1 aliphatic rings. The number of rotatable bonds is 1. The molecule has 0 bridgehead atoms. The van der Waals surface area contributed by atoms with Crippen LogP contribution >= 0.6 is 12.2 Å². The molecule has 2 heterocycles. The molecule has 1 fully saturated rings. The third-order valence-corrected chi connectivity index (χ3v) is 2.80. The van der Waals surface area contributed by atoms with Crippen molar-refractivity contribution in [3.8, 4) is 0 Å². The summed E-state index contributed by atoms with van der Waals surface area (Å²) < 4.78 is 8.01. The molecule has 0 saturated carbocycles. The fraction of sp³-hybridized carbons (Fsp3) is 0.750. The van der Waals surface area contributed by atoms with Crippen LogP contribution in [0.4, 0.5) is 0 Å². The minimum Gasteiger partial charge on any atom is -0.381 e. The smallest absolute Gasteiger partial charge is 0.194 e. The lowest BCUT2D eigenvalue weighted by Gasteiger charge is -2.20. The molecule has 1 atom stereocenters. The highest BCUT2D eigenvalue weighted by atomic mass is 32.1. The molecule has 1 unspecified atom stereocenters. The Bertz CT molecular complexity index is 337. The standard InChI is InChI=1S/C8H13N3OS/c1-11-7(9-10-8(11)13)6-3-2-4-12-5-6/h6H,2-5H2,1H3,(H,10,13). The fourth-order valence-electron chi connectivity index (χ4n) is 1.67. The predicted molar refractivity (Wildman–Crippen MR) is 51.2 cm³/mol. The van der Waals surface area contributed by atoms with E-state index in [9.17, 15) is 0 Å². The van der Waals surface area contributed by atoms with Crippen molar-refractivity contribution in [2.24, 2.45) is 7.05 Å². The van der Waals surface area contributed by atoms with Crippen molar-refractivity contribution in [3.05, 3.63) is 10.6 Å². The normalized spacial score (nSPS) is 23.3. The van der Waals surface area contributed by atoms with Crippen LogP contribution in [0.25, 0.3) is 0 Å². The van der Waals surface area contributed by atoms with Crippen LogP contribution in [0.15, 0.2) is 0 Å². The second-order valence-electron chi connectivity index (χ2n) is 3.36. The number of nitrogens with one attached hydrogen (secondary N) is 1. The second-order valence-corrected chi connectivity index (χ2v) is 3.75. The zero-order valence-electron chi connectivity index (χ0n) is 7.62. The van der Waals surface area contributed by atoms with Crippen LogP contribution in [-0.2, 0) is 11.8 Å². The largest absolute Gasteiger partial charge is 0.381 e. The van der Waals surface area contributed by atoms with Crippen LogP contribution in [0.3, 0.4) is 0 Å². The van der Waals surface area contributed by atoms with Gasteiger partial charge in [-0.15, -0.1) is 0 Å². The summed E-state index contributed by atoms with van der Waals surface area (Å²) in [6, 6.07) is 0. The third kappa shape index (κ3) is 1.66. The molecular formula is C8H13N3OS. The summed E-state index contributed by atoms with van der Waals surface area (Å²) in [6.07, 6.45) is 2.26. The second kappa shape index (κ2) is 3.59. The molecule has 1 saturated heterocycles. The van der Waals surface area contributed by atoms with Crippen molar-refractivity contribution < 1.29 is 4.74 Å². The molecule has 0 amide bonds. The highest BCUT2D eigenvalue weighted by Crippen LogP contribution is 2.22. The molecular weight excluding hydrogens is 186 g/mol. The van der Waals surface area contributed by atoms with E-state index in [1.165, 1.54) is 0 Å². The summed E-state index contributed by atoms with van der Waals surface area (Å²) in [5.41, 5.74) is 0. The Hall–Kier alpha value is -0.680. The van der Waals surface area contributed by atoms with E-state index in [1.54, 1.807) is 0 Å². The Morgan fingerprint density at radius 3 is 3.08 bits per heavy atom. The van der Waals surface area contributed by atoms with Crippen LogP contribution in [0.5, 0.6) is 0 Å². The van der Waals surface area contributed by atoms with Crippen LogP contribution in [0, 0.1) is 4.77 Å². The first-order valence-corrected chi connectivity index (χ1v) is 4.89. The van der Waals surface area contributed by atoms with Gasteiger partial charge in [-0.1, -0.05) is 0 Å². The lowest BCUT2D eigenvalue weighted by molar-refractivity contribution is 0.0771. The lowest BCUT2D eigenvalue weighted by Crippen LogP contribution is -2.18. The van der Waals surface area contributed by atoms with Gasteiger partial charge >= 0.3 is 0 Å². The van der Waals surface area contributed by atoms with Crippen LogP contribution < -0.4 is 0 Å². The third-order valence-electron chi connectivity index (χ3n) is 2.44. The van der Waals surface area contributed by atoms with Crippen LogP contribution in [0.1, 0.15) is 24.6 Å². The topological polar surface area (TPSA) is 42.8 Å². The first-order chi connectivity index (χ1) is 6.29. The maximum Gasteiger partial charge on any atom is 0.194 e. The average molecular weight is 199 g/mol. The molecule has 13 heavy (non-hydrogen) atoms. The van der Waals surface area contributed by atoms with Gasteiger partial charge in [0.1, 0.15) is 5.82 Å². The predicted octanol–water partition coefficient (Wildman–Crippen LogP) is 1.37. The monoisotopic (exact) mass is 199 g/mol. The molecule has 2 rings (SSSR count). The van der Waals surface area contributed by atoms with Crippen molar-refractivity contribution >= 4 is 12.2 Å². The van der Waals surface area contributed by atoms with E-state index in [1.807, 2.05) is 11.6 Å². The summed E-state index contributed by atoms with van der Waals surface area (Å²) in [4.78, 5) is 0. The van der Waals surface area contributed by atoms with Gasteiger partial charge in [0.25, 0.3) is 0 Å². The fourth-order valence-corrected chi connectivity index (χ4v) is 1.81. The van der Waals surface area contributed by atoms with Gasteiger partial charge < -0.3 is 9.30 Å². The van der Waals surface area contributed by atoms with Gasteiger partial charge in [-0.2, -0.15) is 5.10 Å². The van der Waals surface area contributed by atoms with E-state index < -0.39 is 0 Å². The van der Waals surface area contributed by atoms with E-state index in [4.69, 9.17) is 17.0 Å². The van der Waals surface area contributed by atoms with Crippen molar-refractivity contribution in [3.63, 3.8) is 0 Å². The molecule has 0 radical (unpaired) electrons. The number of hydrogen-bond acceptors (Lipinski definition) is 3. The van der Waals surface area contributed by atoms with Gasteiger partial charge in [-0.05, 0) is 25.1 Å². The number of hydrogen-bond donors (Lipinski definition) is 1. The first kappa shape index (κ1) is 8.90. The number of ether oxygens (including phenoxy) is 1. The van der Waals surface area contributed by atoms with E-state index in [0.29, 0.717) is 10.7 Å². The number of H-pyrrole nitrogens is 1.